The molecule has 0 heterocycles. The van der Waals surface area contributed by atoms with E-state index in [0.29, 0.717) is 11.4 Å². The van der Waals surface area contributed by atoms with Gasteiger partial charge in [-0.05, 0) is 37.1 Å². The van der Waals surface area contributed by atoms with Crippen molar-refractivity contribution in [3.8, 4) is 11.8 Å². The third-order valence-electron chi connectivity index (χ3n) is 2.91. The summed E-state index contributed by atoms with van der Waals surface area (Å²) >= 11 is 0. The smallest absolute Gasteiger partial charge is 0.269 e. The molecule has 2 N–H and O–H groups in total. The van der Waals surface area contributed by atoms with Crippen molar-refractivity contribution < 1.29 is 14.6 Å². The highest BCUT2D eigenvalue weighted by molar-refractivity contribution is 6.07. The predicted octanol–water partition coefficient (Wildman–Crippen LogP) is 2.38. The molecule has 0 atom stereocenters. The molecule has 0 spiro atoms. The van der Waals surface area contributed by atoms with Crippen LogP contribution < -0.4 is 10.1 Å². The van der Waals surface area contributed by atoms with Gasteiger partial charge >= 0.3 is 0 Å². The predicted molar refractivity (Wildman–Crippen MR) is 69.6 cm³/mol. The average Bonchev–Trinajstić information content (AvgIpc) is 3.24. The summed E-state index contributed by atoms with van der Waals surface area (Å²) < 4.78 is 5.01. The van der Waals surface area contributed by atoms with Crippen LogP contribution in [0.3, 0.4) is 0 Å². The largest absolute Gasteiger partial charge is 0.510 e. The first-order valence-corrected chi connectivity index (χ1v) is 5.94. The summed E-state index contributed by atoms with van der Waals surface area (Å²) in [6.07, 6.45) is 1.65. The molecule has 1 aliphatic carbocycles. The number of methoxy groups -OCH3 is 1. The Hall–Kier alpha value is -2.48. The molecule has 0 bridgehead atoms. The standard InChI is InChI=1S/C14H14N2O3/c1-19-11-6-4-10(5-7-11)16-14(18)12(8-15)13(17)9-2-3-9/h4-7,9,17H,2-3H2,1H3,(H,16,18)/b13-12-. The molecular weight excluding hydrogens is 244 g/mol. The number of allylic oxidation sites excluding steroid dienone is 1. The first kappa shape index (κ1) is 13.0. The van der Waals surface area contributed by atoms with E-state index in [1.54, 1.807) is 37.4 Å². The van der Waals surface area contributed by atoms with Gasteiger partial charge in [0.1, 0.15) is 17.6 Å². The maximum absolute atomic E-state index is 11.9. The van der Waals surface area contributed by atoms with Crippen LogP contribution in [0.1, 0.15) is 12.8 Å². The molecule has 19 heavy (non-hydrogen) atoms. The number of nitriles is 1. The van der Waals surface area contributed by atoms with Gasteiger partial charge in [0.05, 0.1) is 7.11 Å². The van der Waals surface area contributed by atoms with Crippen LogP contribution in [-0.2, 0) is 4.79 Å². The molecule has 0 unspecified atom stereocenters. The fraction of sp³-hybridized carbons (Fsp3) is 0.286. The lowest BCUT2D eigenvalue weighted by molar-refractivity contribution is -0.112. The van der Waals surface area contributed by atoms with Crippen LogP contribution in [0.25, 0.3) is 0 Å². The van der Waals surface area contributed by atoms with Crippen molar-refractivity contribution in [1.29, 1.82) is 5.26 Å². The Morgan fingerprint density at radius 3 is 2.53 bits per heavy atom. The van der Waals surface area contributed by atoms with E-state index in [2.05, 4.69) is 5.32 Å². The second-order valence-corrected chi connectivity index (χ2v) is 4.33. The zero-order chi connectivity index (χ0) is 13.8. The summed E-state index contributed by atoms with van der Waals surface area (Å²) in [5.74, 6) is -0.0447. The van der Waals surface area contributed by atoms with Gasteiger partial charge in [0.2, 0.25) is 0 Å². The molecule has 1 aromatic carbocycles. The van der Waals surface area contributed by atoms with Crippen LogP contribution in [0.2, 0.25) is 0 Å². The summed E-state index contributed by atoms with van der Waals surface area (Å²) in [4.78, 5) is 11.9. The number of anilines is 1. The number of hydrogen-bond acceptors (Lipinski definition) is 4. The Labute approximate surface area is 111 Å². The number of aliphatic hydroxyl groups is 1. The highest BCUT2D eigenvalue weighted by Gasteiger charge is 2.30. The van der Waals surface area contributed by atoms with Crippen LogP contribution in [-0.4, -0.2) is 18.1 Å². The van der Waals surface area contributed by atoms with Crippen LogP contribution in [0.15, 0.2) is 35.6 Å². The summed E-state index contributed by atoms with van der Waals surface area (Å²) in [7, 11) is 1.55. The highest BCUT2D eigenvalue weighted by Crippen LogP contribution is 2.36. The van der Waals surface area contributed by atoms with Gasteiger partial charge in [-0.15, -0.1) is 0 Å². The lowest BCUT2D eigenvalue weighted by Crippen LogP contribution is -2.15. The molecule has 1 aromatic rings. The van der Waals surface area contributed by atoms with Gasteiger partial charge < -0.3 is 15.2 Å². The van der Waals surface area contributed by atoms with Gasteiger partial charge in [-0.25, -0.2) is 0 Å². The number of ether oxygens (including phenoxy) is 1. The minimum Gasteiger partial charge on any atom is -0.510 e. The second-order valence-electron chi connectivity index (χ2n) is 4.33. The normalized spacial score (nSPS) is 15.2. The van der Waals surface area contributed by atoms with Crippen LogP contribution >= 0.6 is 0 Å². The zero-order valence-corrected chi connectivity index (χ0v) is 10.5. The molecule has 0 saturated heterocycles. The SMILES string of the molecule is COc1ccc(NC(=O)/C(C#N)=C(\O)C2CC2)cc1. The van der Waals surface area contributed by atoms with Crippen LogP contribution in [0, 0.1) is 17.2 Å². The Balaban J connectivity index is 2.11. The fourth-order valence-corrected chi connectivity index (χ4v) is 1.65. The molecule has 1 aliphatic rings. The van der Waals surface area contributed by atoms with Crippen molar-refractivity contribution in [2.75, 3.05) is 12.4 Å². The quantitative estimate of drug-likeness (QED) is 0.493. The number of carbonyl (C=O) groups excluding carboxylic acids is 1. The molecule has 2 rings (SSSR count). The minimum absolute atomic E-state index is 0.0312. The highest BCUT2D eigenvalue weighted by atomic mass is 16.5. The molecule has 5 nitrogen and oxygen atoms in total. The van der Waals surface area contributed by atoms with Crippen molar-refractivity contribution >= 4 is 11.6 Å². The molecule has 1 fully saturated rings. The zero-order valence-electron chi connectivity index (χ0n) is 10.5. The van der Waals surface area contributed by atoms with E-state index in [4.69, 9.17) is 10.00 Å². The van der Waals surface area contributed by atoms with E-state index in [0.717, 1.165) is 12.8 Å². The van der Waals surface area contributed by atoms with Crippen molar-refractivity contribution in [2.45, 2.75) is 12.8 Å². The molecular formula is C14H14N2O3. The number of nitrogens with one attached hydrogen (secondary N) is 1. The van der Waals surface area contributed by atoms with Gasteiger partial charge in [0.15, 0.2) is 5.57 Å². The lowest BCUT2D eigenvalue weighted by Gasteiger charge is -2.06. The van der Waals surface area contributed by atoms with Crippen LogP contribution in [0.4, 0.5) is 5.69 Å². The Kier molecular flexibility index (Phi) is 3.71. The Morgan fingerprint density at radius 1 is 1.42 bits per heavy atom. The maximum Gasteiger partial charge on any atom is 0.269 e. The molecule has 1 saturated carbocycles. The summed E-state index contributed by atoms with van der Waals surface area (Å²) in [5.41, 5.74) is 0.334. The molecule has 0 radical (unpaired) electrons. The summed E-state index contributed by atoms with van der Waals surface area (Å²) in [6, 6.07) is 8.49. The average molecular weight is 258 g/mol. The topological polar surface area (TPSA) is 82.3 Å². The Bertz CT molecular complexity index is 551. The molecule has 0 aromatic heterocycles. The van der Waals surface area contributed by atoms with Crippen molar-refractivity contribution in [2.24, 2.45) is 5.92 Å². The number of amides is 1. The first-order chi connectivity index (χ1) is 9.15. The van der Waals surface area contributed by atoms with Gasteiger partial charge in [-0.2, -0.15) is 5.26 Å². The number of benzene rings is 1. The van der Waals surface area contributed by atoms with Crippen LogP contribution in [0.5, 0.6) is 5.75 Å². The minimum atomic E-state index is -0.586. The van der Waals surface area contributed by atoms with E-state index in [9.17, 15) is 9.90 Å². The third-order valence-corrected chi connectivity index (χ3v) is 2.91. The summed E-state index contributed by atoms with van der Waals surface area (Å²) in [5, 5.41) is 21.3. The van der Waals surface area contributed by atoms with Crippen molar-refractivity contribution in [3.05, 3.63) is 35.6 Å². The van der Waals surface area contributed by atoms with Gasteiger partial charge in [-0.3, -0.25) is 4.79 Å². The summed E-state index contributed by atoms with van der Waals surface area (Å²) in [6.45, 7) is 0. The Morgan fingerprint density at radius 2 is 2.05 bits per heavy atom. The maximum atomic E-state index is 11.9. The van der Waals surface area contributed by atoms with E-state index < -0.39 is 5.91 Å². The van der Waals surface area contributed by atoms with Crippen molar-refractivity contribution in [3.63, 3.8) is 0 Å². The molecule has 98 valence electrons. The van der Waals surface area contributed by atoms with Gasteiger partial charge in [0, 0.05) is 11.6 Å². The van der Waals surface area contributed by atoms with Gasteiger partial charge in [-0.1, -0.05) is 0 Å². The van der Waals surface area contributed by atoms with Crippen molar-refractivity contribution in [1.82, 2.24) is 0 Å². The monoisotopic (exact) mass is 258 g/mol. The van der Waals surface area contributed by atoms with E-state index in [1.165, 1.54) is 0 Å². The second kappa shape index (κ2) is 5.44. The van der Waals surface area contributed by atoms with Gasteiger partial charge in [0.25, 0.3) is 5.91 Å². The molecule has 1 amide bonds. The van der Waals surface area contributed by atoms with E-state index >= 15 is 0 Å². The number of carbonyl (C=O) groups is 1. The first-order valence-electron chi connectivity index (χ1n) is 5.94. The number of nitrogens with zero attached hydrogens (tertiary/aromatic N) is 1. The molecule has 5 heteroatoms. The number of aliphatic hydroxyl groups excluding tert-OH is 1. The lowest BCUT2D eigenvalue weighted by atomic mass is 10.1. The fourth-order valence-electron chi connectivity index (χ4n) is 1.65. The van der Waals surface area contributed by atoms with E-state index in [1.807, 2.05) is 0 Å². The number of hydrogen-bond donors (Lipinski definition) is 2. The number of rotatable bonds is 4. The third kappa shape index (κ3) is 3.05. The molecule has 0 aliphatic heterocycles. The van der Waals surface area contributed by atoms with E-state index in [-0.39, 0.29) is 17.3 Å².